The molecule has 4 rings (SSSR count). The van der Waals surface area contributed by atoms with Crippen LogP contribution in [-0.4, -0.2) is 21.2 Å². The fourth-order valence-corrected chi connectivity index (χ4v) is 4.14. The summed E-state index contributed by atoms with van der Waals surface area (Å²) in [5.41, 5.74) is 5.14. The average molecular weight is 369 g/mol. The van der Waals surface area contributed by atoms with E-state index in [-0.39, 0.29) is 0 Å². The van der Waals surface area contributed by atoms with E-state index in [2.05, 4.69) is 58.6 Å². The Morgan fingerprint density at radius 3 is 2.72 bits per heavy atom. The first kappa shape index (κ1) is 16.4. The van der Waals surface area contributed by atoms with Crippen LogP contribution in [0, 0.1) is 10.9 Å². The molecule has 4 nitrogen and oxygen atoms in total. The van der Waals surface area contributed by atoms with Crippen LogP contribution in [0.2, 0.25) is 0 Å². The summed E-state index contributed by atoms with van der Waals surface area (Å²) < 4.78 is 2.73. The van der Waals surface area contributed by atoms with Gasteiger partial charge in [0.1, 0.15) is 0 Å². The Morgan fingerprint density at radius 1 is 1.12 bits per heavy atom. The number of rotatable bonds is 4. The lowest BCUT2D eigenvalue weighted by atomic mass is 10.0. The van der Waals surface area contributed by atoms with Crippen molar-refractivity contribution in [3.05, 3.63) is 69.2 Å². The smallest absolute Gasteiger partial charge is 0.209 e. The molecular weight excluding hydrogens is 348 g/mol. The predicted molar refractivity (Wildman–Crippen MR) is 106 cm³/mol. The zero-order valence-electron chi connectivity index (χ0n) is 14.1. The fraction of sp³-hybridized carbons (Fsp3) is 0.263. The number of aromatic nitrogens is 2. The van der Waals surface area contributed by atoms with Crippen molar-refractivity contribution >= 4 is 34.4 Å². The van der Waals surface area contributed by atoms with E-state index in [4.69, 9.17) is 12.2 Å². The second kappa shape index (κ2) is 7.07. The van der Waals surface area contributed by atoms with Gasteiger partial charge >= 0.3 is 0 Å². The third-order valence-electron chi connectivity index (χ3n) is 4.54. The Labute approximate surface area is 156 Å². The van der Waals surface area contributed by atoms with Gasteiger partial charge in [0.05, 0.1) is 6.67 Å². The Bertz CT molecular complexity index is 944. The zero-order valence-corrected chi connectivity index (χ0v) is 15.7. The van der Waals surface area contributed by atoms with E-state index in [0.717, 1.165) is 41.0 Å². The number of nitrogens with one attached hydrogen (secondary N) is 1. The molecule has 0 spiro atoms. The molecule has 0 bridgehead atoms. The number of fused-ring (bicyclic) bond motifs is 1. The minimum atomic E-state index is 0.735. The molecule has 25 heavy (non-hydrogen) atoms. The largest absolute Gasteiger partial charge is 0.330 e. The molecule has 0 amide bonds. The molecule has 0 atom stereocenters. The maximum absolute atomic E-state index is 5.52. The summed E-state index contributed by atoms with van der Waals surface area (Å²) in [6.45, 7) is 4.82. The molecule has 6 heteroatoms. The van der Waals surface area contributed by atoms with Crippen LogP contribution in [-0.2, 0) is 19.6 Å². The number of anilines is 2. The highest BCUT2D eigenvalue weighted by molar-refractivity contribution is 7.73. The summed E-state index contributed by atoms with van der Waals surface area (Å²) in [6.07, 6.45) is 1.09. The van der Waals surface area contributed by atoms with Crippen LogP contribution in [0.5, 0.6) is 0 Å². The number of hydrogen-bond acceptors (Lipinski definition) is 5. The summed E-state index contributed by atoms with van der Waals surface area (Å²) in [5.74, 6) is 0. The first-order chi connectivity index (χ1) is 12.2. The molecule has 1 N–H and O–H groups in total. The zero-order chi connectivity index (χ0) is 17.2. The van der Waals surface area contributed by atoms with Gasteiger partial charge in [0, 0.05) is 18.8 Å². The fourth-order valence-electron chi connectivity index (χ4n) is 3.14. The first-order valence-electron chi connectivity index (χ1n) is 8.39. The van der Waals surface area contributed by atoms with Crippen molar-refractivity contribution in [2.24, 2.45) is 0 Å². The second-order valence-electron chi connectivity index (χ2n) is 6.33. The third-order valence-corrected chi connectivity index (χ3v) is 5.76. The highest BCUT2D eigenvalue weighted by atomic mass is 32.1. The maximum Gasteiger partial charge on any atom is 0.209 e. The van der Waals surface area contributed by atoms with E-state index < -0.39 is 0 Å². The molecule has 1 aromatic heterocycles. The SMILES string of the molecule is Cc1ccccc1Nc1nn(CN2CCc3ccccc3C2)c(=S)s1. The summed E-state index contributed by atoms with van der Waals surface area (Å²) >= 11 is 7.04. The highest BCUT2D eigenvalue weighted by Gasteiger charge is 2.17. The Balaban J connectivity index is 1.48. The summed E-state index contributed by atoms with van der Waals surface area (Å²) in [5, 5.41) is 8.91. The highest BCUT2D eigenvalue weighted by Crippen LogP contribution is 2.24. The summed E-state index contributed by atoms with van der Waals surface area (Å²) in [6, 6.07) is 16.9. The number of benzene rings is 2. The summed E-state index contributed by atoms with van der Waals surface area (Å²) in [4.78, 5) is 2.40. The monoisotopic (exact) mass is 368 g/mol. The van der Waals surface area contributed by atoms with Gasteiger partial charge in [-0.3, -0.25) is 4.90 Å². The number of aryl methyl sites for hydroxylation is 1. The molecule has 0 fully saturated rings. The van der Waals surface area contributed by atoms with Crippen LogP contribution < -0.4 is 5.32 Å². The van der Waals surface area contributed by atoms with E-state index in [1.54, 1.807) is 0 Å². The Morgan fingerprint density at radius 2 is 1.88 bits per heavy atom. The molecule has 1 aliphatic rings. The van der Waals surface area contributed by atoms with Crippen molar-refractivity contribution in [1.29, 1.82) is 0 Å². The van der Waals surface area contributed by atoms with Gasteiger partial charge in [-0.1, -0.05) is 53.8 Å². The maximum atomic E-state index is 5.52. The Kier molecular flexibility index (Phi) is 4.65. The lowest BCUT2D eigenvalue weighted by molar-refractivity contribution is 0.189. The number of para-hydroxylation sites is 1. The Hall–Kier alpha value is -2.02. The molecule has 2 heterocycles. The molecule has 128 valence electrons. The average Bonchev–Trinajstić information content (AvgIpc) is 2.96. The van der Waals surface area contributed by atoms with E-state index in [1.165, 1.54) is 28.0 Å². The van der Waals surface area contributed by atoms with Crippen molar-refractivity contribution in [2.45, 2.75) is 26.6 Å². The van der Waals surface area contributed by atoms with Crippen molar-refractivity contribution in [3.8, 4) is 0 Å². The second-order valence-corrected chi connectivity index (χ2v) is 7.95. The summed E-state index contributed by atoms with van der Waals surface area (Å²) in [7, 11) is 0. The molecule has 0 saturated heterocycles. The molecule has 0 unspecified atom stereocenters. The lowest BCUT2D eigenvalue weighted by Gasteiger charge is -2.28. The van der Waals surface area contributed by atoms with E-state index in [1.807, 2.05) is 16.8 Å². The van der Waals surface area contributed by atoms with E-state index >= 15 is 0 Å². The van der Waals surface area contributed by atoms with Crippen LogP contribution >= 0.6 is 23.6 Å². The molecular formula is C19H20N4S2. The lowest BCUT2D eigenvalue weighted by Crippen LogP contribution is -2.32. The minimum absolute atomic E-state index is 0.735. The van der Waals surface area contributed by atoms with Crippen LogP contribution in [0.1, 0.15) is 16.7 Å². The number of nitrogens with zero attached hydrogens (tertiary/aromatic N) is 3. The van der Waals surface area contributed by atoms with E-state index in [9.17, 15) is 0 Å². The van der Waals surface area contributed by atoms with Gasteiger partial charge < -0.3 is 5.32 Å². The number of hydrogen-bond donors (Lipinski definition) is 1. The quantitative estimate of drug-likeness (QED) is 0.674. The molecule has 0 saturated carbocycles. The molecule has 1 aliphatic heterocycles. The van der Waals surface area contributed by atoms with Crippen LogP contribution in [0.15, 0.2) is 48.5 Å². The van der Waals surface area contributed by atoms with Crippen LogP contribution in [0.4, 0.5) is 10.8 Å². The van der Waals surface area contributed by atoms with Gasteiger partial charge in [-0.15, -0.1) is 5.10 Å². The first-order valence-corrected chi connectivity index (χ1v) is 9.61. The predicted octanol–water partition coefficient (Wildman–Crippen LogP) is 4.74. The molecule has 3 aromatic rings. The van der Waals surface area contributed by atoms with Crippen LogP contribution in [0.3, 0.4) is 0 Å². The van der Waals surface area contributed by atoms with Gasteiger partial charge in [-0.25, -0.2) is 4.68 Å². The standard InChI is InChI=1S/C19H20N4S2/c1-14-6-2-5-9-17(14)20-18-21-23(19(24)25-18)13-22-11-10-15-7-3-4-8-16(15)12-22/h2-9H,10-13H2,1H3,(H,20,21). The van der Waals surface area contributed by atoms with Crippen molar-refractivity contribution in [3.63, 3.8) is 0 Å². The van der Waals surface area contributed by atoms with Crippen LogP contribution in [0.25, 0.3) is 0 Å². The van der Waals surface area contributed by atoms with Gasteiger partial charge in [-0.05, 0) is 48.3 Å². The normalized spacial score (nSPS) is 14.3. The molecule has 0 aliphatic carbocycles. The van der Waals surface area contributed by atoms with Gasteiger partial charge in [0.15, 0.2) is 3.95 Å². The van der Waals surface area contributed by atoms with Crippen molar-refractivity contribution in [2.75, 3.05) is 11.9 Å². The minimum Gasteiger partial charge on any atom is -0.330 e. The molecule has 0 radical (unpaired) electrons. The topological polar surface area (TPSA) is 33.1 Å². The van der Waals surface area contributed by atoms with Gasteiger partial charge in [0.25, 0.3) is 0 Å². The van der Waals surface area contributed by atoms with Gasteiger partial charge in [-0.2, -0.15) is 0 Å². The third kappa shape index (κ3) is 3.66. The molecule has 2 aromatic carbocycles. The van der Waals surface area contributed by atoms with Crippen molar-refractivity contribution in [1.82, 2.24) is 14.7 Å². The van der Waals surface area contributed by atoms with Gasteiger partial charge in [0.2, 0.25) is 5.13 Å². The van der Waals surface area contributed by atoms with Crippen molar-refractivity contribution < 1.29 is 0 Å². The van der Waals surface area contributed by atoms with E-state index in [0.29, 0.717) is 0 Å².